The van der Waals surface area contributed by atoms with Gasteiger partial charge in [-0.1, -0.05) is 0 Å². The van der Waals surface area contributed by atoms with Gasteiger partial charge in [0, 0.05) is 6.08 Å². The van der Waals surface area contributed by atoms with Gasteiger partial charge in [-0.25, -0.2) is 4.79 Å². The van der Waals surface area contributed by atoms with Gasteiger partial charge in [0.05, 0.1) is 12.0 Å². The highest BCUT2D eigenvalue weighted by Gasteiger charge is 2.22. The van der Waals surface area contributed by atoms with Crippen LogP contribution in [-0.4, -0.2) is 30.1 Å². The van der Waals surface area contributed by atoms with Crippen molar-refractivity contribution in [2.45, 2.75) is 0 Å². The minimum atomic E-state index is -0.632. The summed E-state index contributed by atoms with van der Waals surface area (Å²) < 4.78 is 4.36. The fourth-order valence-corrected chi connectivity index (χ4v) is 1.49. The highest BCUT2D eigenvalue weighted by molar-refractivity contribution is 8.18. The van der Waals surface area contributed by atoms with E-state index in [1.54, 1.807) is 0 Å². The summed E-state index contributed by atoms with van der Waals surface area (Å²) in [6, 6.07) is 0. The van der Waals surface area contributed by atoms with Gasteiger partial charge in [-0.3, -0.25) is 4.79 Å². The first kappa shape index (κ1) is 11.2. The molecule has 0 radical (unpaired) electrons. The summed E-state index contributed by atoms with van der Waals surface area (Å²) in [5.41, 5.74) is 10.2. The Morgan fingerprint density at radius 3 is 2.80 bits per heavy atom. The van der Waals surface area contributed by atoms with Gasteiger partial charge in [-0.05, 0) is 11.8 Å². The lowest BCUT2D eigenvalue weighted by Crippen LogP contribution is -2.23. The van der Waals surface area contributed by atoms with Crippen LogP contribution in [0.3, 0.4) is 0 Å². The third-order valence-corrected chi connectivity index (χ3v) is 2.16. The number of aliphatic imine (C=N–C) groups is 2. The van der Waals surface area contributed by atoms with E-state index in [-0.39, 0.29) is 16.0 Å². The Morgan fingerprint density at radius 2 is 2.27 bits per heavy atom. The molecule has 0 aromatic rings. The zero-order chi connectivity index (χ0) is 11.4. The van der Waals surface area contributed by atoms with E-state index in [1.807, 2.05) is 0 Å². The van der Waals surface area contributed by atoms with Gasteiger partial charge in [-0.2, -0.15) is 9.98 Å². The van der Waals surface area contributed by atoms with Gasteiger partial charge in [0.2, 0.25) is 0 Å². The summed E-state index contributed by atoms with van der Waals surface area (Å²) in [4.78, 5) is 29.2. The number of thioether (sulfide) groups is 1. The monoisotopic (exact) mass is 228 g/mol. The van der Waals surface area contributed by atoms with Crippen molar-refractivity contribution in [2.75, 3.05) is 7.11 Å². The number of hydrogen-bond acceptors (Lipinski definition) is 5. The van der Waals surface area contributed by atoms with Gasteiger partial charge in [-0.15, -0.1) is 0 Å². The summed E-state index contributed by atoms with van der Waals surface area (Å²) in [5.74, 6) is -1.40. The number of carbonyl (C=O) groups is 2. The number of rotatable bonds is 1. The maximum absolute atomic E-state index is 11.2. The molecule has 1 heterocycles. The third-order valence-electron chi connectivity index (χ3n) is 1.28. The number of amides is 1. The summed E-state index contributed by atoms with van der Waals surface area (Å²) in [6.45, 7) is 0. The fraction of sp³-hybridized carbons (Fsp3) is 0.143. The number of ether oxygens (including phenoxy) is 1. The molecule has 0 atom stereocenters. The van der Waals surface area contributed by atoms with Crippen molar-refractivity contribution < 1.29 is 14.3 Å². The number of carbonyl (C=O) groups excluding carboxylic acids is 2. The number of amidine groups is 1. The summed E-state index contributed by atoms with van der Waals surface area (Å²) in [5, 5.41) is 0.107. The molecule has 1 aliphatic rings. The zero-order valence-electron chi connectivity index (χ0n) is 7.76. The van der Waals surface area contributed by atoms with Crippen molar-refractivity contribution in [1.29, 1.82) is 0 Å². The molecule has 0 aromatic heterocycles. The SMILES string of the molecule is COC(=O)/C=C1\SC(N=C(N)N)=NC1=O. The molecule has 0 unspecified atom stereocenters. The van der Waals surface area contributed by atoms with Crippen LogP contribution in [-0.2, 0) is 14.3 Å². The quantitative estimate of drug-likeness (QED) is 0.255. The van der Waals surface area contributed by atoms with Crippen LogP contribution in [0, 0.1) is 0 Å². The first-order valence-electron chi connectivity index (χ1n) is 3.73. The van der Waals surface area contributed by atoms with E-state index >= 15 is 0 Å². The maximum atomic E-state index is 11.2. The molecule has 8 heteroatoms. The highest BCUT2D eigenvalue weighted by atomic mass is 32.2. The number of esters is 1. The van der Waals surface area contributed by atoms with Crippen molar-refractivity contribution in [1.82, 2.24) is 0 Å². The van der Waals surface area contributed by atoms with E-state index in [4.69, 9.17) is 11.5 Å². The largest absolute Gasteiger partial charge is 0.466 e. The molecule has 0 aliphatic carbocycles. The molecule has 0 aromatic carbocycles. The minimum Gasteiger partial charge on any atom is -0.466 e. The Morgan fingerprint density at radius 1 is 1.60 bits per heavy atom. The van der Waals surface area contributed by atoms with Crippen LogP contribution in [0.4, 0.5) is 0 Å². The molecule has 80 valence electrons. The molecule has 0 fully saturated rings. The average molecular weight is 228 g/mol. The van der Waals surface area contributed by atoms with Crippen LogP contribution < -0.4 is 11.5 Å². The second-order valence-electron chi connectivity index (χ2n) is 2.37. The lowest BCUT2D eigenvalue weighted by atomic mass is 10.5. The van der Waals surface area contributed by atoms with E-state index < -0.39 is 11.9 Å². The van der Waals surface area contributed by atoms with Gasteiger partial charge >= 0.3 is 5.97 Å². The Hall–Kier alpha value is -1.83. The second-order valence-corrected chi connectivity index (χ2v) is 3.38. The van der Waals surface area contributed by atoms with Crippen molar-refractivity contribution in [3.05, 3.63) is 11.0 Å². The van der Waals surface area contributed by atoms with Gasteiger partial charge in [0.25, 0.3) is 5.91 Å². The topological polar surface area (TPSA) is 120 Å². The number of methoxy groups -OCH3 is 1. The molecule has 0 bridgehead atoms. The van der Waals surface area contributed by atoms with Gasteiger partial charge < -0.3 is 16.2 Å². The minimum absolute atomic E-state index is 0.107. The summed E-state index contributed by atoms with van der Waals surface area (Å²) >= 11 is 0.904. The smallest absolute Gasteiger partial charge is 0.331 e. The van der Waals surface area contributed by atoms with E-state index in [1.165, 1.54) is 7.11 Å². The first-order valence-corrected chi connectivity index (χ1v) is 4.54. The lowest BCUT2D eigenvalue weighted by molar-refractivity contribution is -0.135. The molecule has 0 saturated heterocycles. The Kier molecular flexibility index (Phi) is 3.45. The molecular formula is C7H8N4O3S. The van der Waals surface area contributed by atoms with Gasteiger partial charge in [0.1, 0.15) is 0 Å². The van der Waals surface area contributed by atoms with Crippen LogP contribution in [0.5, 0.6) is 0 Å². The molecule has 15 heavy (non-hydrogen) atoms. The van der Waals surface area contributed by atoms with Crippen LogP contribution in [0.25, 0.3) is 0 Å². The Balaban J connectivity index is 2.80. The molecule has 1 rings (SSSR count). The number of nitrogens with two attached hydrogens (primary N) is 2. The molecule has 0 spiro atoms. The van der Waals surface area contributed by atoms with E-state index in [9.17, 15) is 9.59 Å². The molecule has 1 aliphatic heterocycles. The van der Waals surface area contributed by atoms with Crippen molar-refractivity contribution in [2.24, 2.45) is 21.5 Å². The molecular weight excluding hydrogens is 220 g/mol. The van der Waals surface area contributed by atoms with Crippen LogP contribution in [0.15, 0.2) is 21.0 Å². The predicted molar refractivity (Wildman–Crippen MR) is 55.9 cm³/mol. The van der Waals surface area contributed by atoms with Crippen molar-refractivity contribution in [3.63, 3.8) is 0 Å². The first-order chi connectivity index (χ1) is 7.02. The highest BCUT2D eigenvalue weighted by Crippen LogP contribution is 2.26. The normalized spacial score (nSPS) is 17.5. The van der Waals surface area contributed by atoms with E-state index in [2.05, 4.69) is 14.7 Å². The van der Waals surface area contributed by atoms with Crippen LogP contribution in [0.2, 0.25) is 0 Å². The van der Waals surface area contributed by atoms with E-state index in [0.717, 1.165) is 17.8 Å². The Bertz CT molecular complexity index is 395. The van der Waals surface area contributed by atoms with Crippen LogP contribution in [0.1, 0.15) is 0 Å². The Labute approximate surface area is 89.3 Å². The summed E-state index contributed by atoms with van der Waals surface area (Å²) in [7, 11) is 1.21. The van der Waals surface area contributed by atoms with Crippen LogP contribution >= 0.6 is 11.8 Å². The van der Waals surface area contributed by atoms with Gasteiger partial charge in [0.15, 0.2) is 11.1 Å². The summed E-state index contributed by atoms with van der Waals surface area (Å²) in [6.07, 6.45) is 1.03. The lowest BCUT2D eigenvalue weighted by Gasteiger charge is -1.92. The van der Waals surface area contributed by atoms with E-state index in [0.29, 0.717) is 0 Å². The second kappa shape index (κ2) is 4.60. The number of hydrogen-bond donors (Lipinski definition) is 2. The maximum Gasteiger partial charge on any atom is 0.331 e. The molecule has 0 saturated carbocycles. The standard InChI is InChI=1S/C7H8N4O3S/c1-14-4(12)2-3-5(13)10-7(15-3)11-6(8)9/h2H,1H3,(H4,8,9,10,11,13)/b3-2-. The number of nitrogens with zero attached hydrogens (tertiary/aromatic N) is 2. The average Bonchev–Trinajstić information content (AvgIpc) is 2.45. The third kappa shape index (κ3) is 3.09. The number of guanidine groups is 1. The van der Waals surface area contributed by atoms with Crippen molar-refractivity contribution in [3.8, 4) is 0 Å². The molecule has 7 nitrogen and oxygen atoms in total. The zero-order valence-corrected chi connectivity index (χ0v) is 8.58. The fourth-order valence-electron chi connectivity index (χ4n) is 0.722. The predicted octanol–water partition coefficient (Wildman–Crippen LogP) is -1.05. The molecule has 4 N–H and O–H groups in total. The van der Waals surface area contributed by atoms with Crippen molar-refractivity contribution >= 4 is 34.8 Å². The molecule has 1 amide bonds.